The van der Waals surface area contributed by atoms with Crippen molar-refractivity contribution in [1.29, 1.82) is 0 Å². The molecule has 2 aliphatic rings. The van der Waals surface area contributed by atoms with E-state index in [9.17, 15) is 19.5 Å². The molecular weight excluding hydrogens is 595 g/mol. The van der Waals surface area contributed by atoms with Crippen molar-refractivity contribution in [2.24, 2.45) is 11.8 Å². The molecular formula is C38H41N3O4S. The van der Waals surface area contributed by atoms with Crippen LogP contribution in [-0.2, 0) is 21.4 Å². The molecule has 2 fully saturated rings. The fourth-order valence-corrected chi connectivity index (χ4v) is 7.45. The van der Waals surface area contributed by atoms with Crippen LogP contribution < -0.4 is 0 Å². The zero-order valence-corrected chi connectivity index (χ0v) is 27.6. The van der Waals surface area contributed by atoms with Gasteiger partial charge in [0.2, 0.25) is 5.91 Å². The highest BCUT2D eigenvalue weighted by atomic mass is 32.1. The van der Waals surface area contributed by atoms with Crippen LogP contribution in [-0.4, -0.2) is 50.7 Å². The molecule has 1 saturated carbocycles. The third-order valence-electron chi connectivity index (χ3n) is 9.36. The van der Waals surface area contributed by atoms with E-state index in [0.29, 0.717) is 23.0 Å². The maximum Gasteiger partial charge on any atom is 0.310 e. The highest BCUT2D eigenvalue weighted by Crippen LogP contribution is 2.35. The topological polar surface area (TPSA) is 100 Å². The number of carboxylic acids is 1. The molecule has 7 nitrogen and oxygen atoms in total. The van der Waals surface area contributed by atoms with E-state index in [1.165, 1.54) is 42.6 Å². The number of carbonyl (C=O) groups is 3. The van der Waals surface area contributed by atoms with Gasteiger partial charge in [-0.15, -0.1) is 11.3 Å². The van der Waals surface area contributed by atoms with Crippen LogP contribution in [0.1, 0.15) is 84.5 Å². The van der Waals surface area contributed by atoms with Gasteiger partial charge in [-0.2, -0.15) is 0 Å². The van der Waals surface area contributed by atoms with Crippen molar-refractivity contribution in [1.82, 2.24) is 14.9 Å². The zero-order chi connectivity index (χ0) is 32.4. The van der Waals surface area contributed by atoms with Crippen molar-refractivity contribution in [2.45, 2.75) is 70.6 Å². The van der Waals surface area contributed by atoms with E-state index in [-0.39, 0.29) is 36.6 Å². The summed E-state index contributed by atoms with van der Waals surface area (Å²) >= 11 is 1.48. The Balaban J connectivity index is 1.14. The number of carbonyl (C=O) groups excluding carboxylic acids is 2. The van der Waals surface area contributed by atoms with Gasteiger partial charge in [0.05, 0.1) is 10.8 Å². The Hall–Kier alpha value is -4.17. The first-order valence-electron chi connectivity index (χ1n) is 16.2. The van der Waals surface area contributed by atoms with Gasteiger partial charge >= 0.3 is 5.97 Å². The number of hydrogen-bond donors (Lipinski definition) is 1. The standard InChI is InChI=1S/C38H41N3O4S/c1-38(2,3)34-17-16-33(46-34)32(42)19-29(36(43)41-22-31(23-41)37(44)45)18-24-8-10-28(11-9-24)35-39-20-30(21-40-35)27-14-12-26(13-15-27)25-6-4-5-7-25/h8-17,20-21,25,29,31H,4-7,18-19,22-23H2,1-3H3,(H,44,45)/t29-/m1/s1. The number of benzene rings is 2. The summed E-state index contributed by atoms with van der Waals surface area (Å²) in [6.07, 6.45) is 9.38. The molecule has 2 aromatic carbocycles. The number of carboxylic acid groups (broad SMARTS) is 1. The molecule has 0 spiro atoms. The number of ketones is 1. The number of likely N-dealkylation sites (tertiary alicyclic amines) is 1. The molecule has 1 amide bonds. The van der Waals surface area contributed by atoms with Crippen molar-refractivity contribution in [2.75, 3.05) is 13.1 Å². The molecule has 238 valence electrons. The van der Waals surface area contributed by atoms with Crippen LogP contribution in [0, 0.1) is 11.8 Å². The fraction of sp³-hybridized carbons (Fsp3) is 0.395. The maximum absolute atomic E-state index is 13.5. The van der Waals surface area contributed by atoms with Crippen molar-refractivity contribution in [3.8, 4) is 22.5 Å². The highest BCUT2D eigenvalue weighted by molar-refractivity contribution is 7.14. The number of aromatic nitrogens is 2. The van der Waals surface area contributed by atoms with Gasteiger partial charge < -0.3 is 10.0 Å². The summed E-state index contributed by atoms with van der Waals surface area (Å²) in [6, 6.07) is 20.4. The number of aliphatic carboxylic acids is 1. The van der Waals surface area contributed by atoms with Gasteiger partial charge in [-0.3, -0.25) is 14.4 Å². The number of Topliss-reactive ketones (excluding diaryl/α,β-unsaturated/α-hetero) is 1. The molecule has 1 N–H and O–H groups in total. The summed E-state index contributed by atoms with van der Waals surface area (Å²) in [5.41, 5.74) is 5.22. The lowest BCUT2D eigenvalue weighted by Crippen LogP contribution is -2.55. The van der Waals surface area contributed by atoms with Gasteiger partial charge in [0.25, 0.3) is 0 Å². The second kappa shape index (κ2) is 13.3. The van der Waals surface area contributed by atoms with E-state index in [1.54, 1.807) is 4.90 Å². The van der Waals surface area contributed by atoms with Crippen LogP contribution in [0.4, 0.5) is 0 Å². The summed E-state index contributed by atoms with van der Waals surface area (Å²) in [4.78, 5) is 50.8. The van der Waals surface area contributed by atoms with Crippen LogP contribution in [0.5, 0.6) is 0 Å². The molecule has 8 heteroatoms. The average molecular weight is 636 g/mol. The molecule has 0 radical (unpaired) electrons. The Kier molecular flexibility index (Phi) is 9.18. The van der Waals surface area contributed by atoms with Crippen molar-refractivity contribution in [3.05, 3.63) is 93.9 Å². The average Bonchev–Trinajstić information content (AvgIpc) is 3.74. The molecule has 1 aliphatic carbocycles. The number of nitrogens with zero attached hydrogens (tertiary/aromatic N) is 3. The van der Waals surface area contributed by atoms with E-state index in [0.717, 1.165) is 27.1 Å². The lowest BCUT2D eigenvalue weighted by atomic mass is 9.89. The summed E-state index contributed by atoms with van der Waals surface area (Å²) in [5.74, 6) is -0.948. The lowest BCUT2D eigenvalue weighted by molar-refractivity contribution is -0.154. The third kappa shape index (κ3) is 7.12. The van der Waals surface area contributed by atoms with E-state index in [1.807, 2.05) is 48.8 Å². The zero-order valence-electron chi connectivity index (χ0n) is 26.7. The molecule has 0 unspecified atom stereocenters. The first-order chi connectivity index (χ1) is 22.0. The van der Waals surface area contributed by atoms with Crippen LogP contribution in [0.2, 0.25) is 0 Å². The predicted octanol–water partition coefficient (Wildman–Crippen LogP) is 7.80. The van der Waals surface area contributed by atoms with Crippen molar-refractivity contribution < 1.29 is 19.5 Å². The molecule has 2 aromatic heterocycles. The SMILES string of the molecule is CC(C)(C)c1ccc(C(=O)C[C@@H](Cc2ccc(-c3ncc(-c4ccc(C5CCCC5)cc4)cn3)cc2)C(=O)N2CC(C(=O)O)C2)s1. The molecule has 46 heavy (non-hydrogen) atoms. The van der Waals surface area contributed by atoms with Crippen LogP contribution >= 0.6 is 11.3 Å². The fourth-order valence-electron chi connectivity index (χ4n) is 6.44. The molecule has 1 saturated heterocycles. The van der Waals surface area contributed by atoms with Crippen LogP contribution in [0.3, 0.4) is 0 Å². The minimum absolute atomic E-state index is 0.0616. The Bertz CT molecular complexity index is 1690. The largest absolute Gasteiger partial charge is 0.481 e. The Morgan fingerprint density at radius 2 is 1.50 bits per heavy atom. The summed E-state index contributed by atoms with van der Waals surface area (Å²) in [7, 11) is 0. The quantitative estimate of drug-likeness (QED) is 0.179. The monoisotopic (exact) mass is 635 g/mol. The molecule has 6 rings (SSSR count). The van der Waals surface area contributed by atoms with Gasteiger partial charge in [0, 0.05) is 53.8 Å². The minimum Gasteiger partial charge on any atom is -0.481 e. The van der Waals surface area contributed by atoms with Crippen molar-refractivity contribution in [3.63, 3.8) is 0 Å². The van der Waals surface area contributed by atoms with Crippen LogP contribution in [0.15, 0.2) is 73.1 Å². The lowest BCUT2D eigenvalue weighted by Gasteiger charge is -2.38. The van der Waals surface area contributed by atoms with Gasteiger partial charge in [-0.1, -0.05) is 82.1 Å². The van der Waals surface area contributed by atoms with Crippen LogP contribution in [0.25, 0.3) is 22.5 Å². The first kappa shape index (κ1) is 31.8. The molecule has 1 aliphatic heterocycles. The second-order valence-corrected chi connectivity index (χ2v) is 14.9. The van der Waals surface area contributed by atoms with E-state index < -0.39 is 17.8 Å². The number of rotatable bonds is 10. The number of thiophene rings is 1. The second-order valence-electron chi connectivity index (χ2n) is 13.8. The molecule has 4 aromatic rings. The van der Waals surface area contributed by atoms with Gasteiger partial charge in [0.1, 0.15) is 0 Å². The first-order valence-corrected chi connectivity index (χ1v) is 17.0. The summed E-state index contributed by atoms with van der Waals surface area (Å²) < 4.78 is 0. The summed E-state index contributed by atoms with van der Waals surface area (Å²) in [6.45, 7) is 6.70. The van der Waals surface area contributed by atoms with Crippen molar-refractivity contribution >= 4 is 29.0 Å². The highest BCUT2D eigenvalue weighted by Gasteiger charge is 2.39. The molecule has 3 heterocycles. The van der Waals surface area contributed by atoms with E-state index in [2.05, 4.69) is 55.0 Å². The third-order valence-corrected chi connectivity index (χ3v) is 10.9. The minimum atomic E-state index is -0.895. The van der Waals surface area contributed by atoms with Gasteiger partial charge in [0.15, 0.2) is 11.6 Å². The normalized spacial score (nSPS) is 16.3. The Morgan fingerprint density at radius 3 is 2.09 bits per heavy atom. The summed E-state index contributed by atoms with van der Waals surface area (Å²) in [5, 5.41) is 9.31. The van der Waals surface area contributed by atoms with Gasteiger partial charge in [-0.05, 0) is 59.4 Å². The Labute approximate surface area is 274 Å². The Morgan fingerprint density at radius 1 is 0.870 bits per heavy atom. The smallest absolute Gasteiger partial charge is 0.310 e. The van der Waals surface area contributed by atoms with E-state index in [4.69, 9.17) is 0 Å². The molecule has 1 atom stereocenters. The van der Waals surface area contributed by atoms with Gasteiger partial charge in [-0.25, -0.2) is 9.97 Å². The number of hydrogen-bond acceptors (Lipinski definition) is 6. The maximum atomic E-state index is 13.5. The predicted molar refractivity (Wildman–Crippen MR) is 181 cm³/mol. The molecule has 0 bridgehead atoms. The van der Waals surface area contributed by atoms with E-state index >= 15 is 0 Å². The number of amides is 1.